The topological polar surface area (TPSA) is 61.4 Å². The second-order valence-corrected chi connectivity index (χ2v) is 15.5. The van der Waals surface area contributed by atoms with Crippen molar-refractivity contribution in [1.82, 2.24) is 29.1 Å². The number of benzene rings is 8. The summed E-state index contributed by atoms with van der Waals surface area (Å²) >= 11 is 0. The van der Waals surface area contributed by atoms with Gasteiger partial charge in [-0.25, -0.2) is 15.0 Å². The second-order valence-electron chi connectivity index (χ2n) is 15.5. The number of fused-ring (bicyclic) bond motifs is 6. The summed E-state index contributed by atoms with van der Waals surface area (Å²) in [5.41, 5.74) is 14.0. The van der Waals surface area contributed by atoms with Gasteiger partial charge >= 0.3 is 0 Å². The third-order valence-corrected chi connectivity index (χ3v) is 11.8. The summed E-state index contributed by atoms with van der Waals surface area (Å²) in [5.74, 6) is 1.81. The van der Waals surface area contributed by atoms with Crippen LogP contribution in [0.15, 0.2) is 219 Å². The van der Waals surface area contributed by atoms with E-state index in [0.717, 1.165) is 50.2 Å². The lowest BCUT2D eigenvalue weighted by atomic mass is 9.99. The van der Waals surface area contributed by atoms with Crippen LogP contribution in [-0.4, -0.2) is 29.1 Å². The number of para-hydroxylation sites is 3. The number of nitrogens with zero attached hydrogens (tertiary/aromatic N) is 6. The minimum Gasteiger partial charge on any atom is -0.309 e. The van der Waals surface area contributed by atoms with Gasteiger partial charge in [0.1, 0.15) is 0 Å². The first-order chi connectivity index (χ1) is 30.7. The fourth-order valence-corrected chi connectivity index (χ4v) is 9.02. The van der Waals surface area contributed by atoms with E-state index in [0.29, 0.717) is 17.5 Å². The molecule has 62 heavy (non-hydrogen) atoms. The summed E-state index contributed by atoms with van der Waals surface area (Å²) < 4.78 is 4.77. The van der Waals surface area contributed by atoms with E-state index in [1.54, 1.807) is 0 Å². The zero-order chi connectivity index (χ0) is 41.0. The smallest absolute Gasteiger partial charge is 0.165 e. The summed E-state index contributed by atoms with van der Waals surface area (Å²) in [4.78, 5) is 19.6. The van der Waals surface area contributed by atoms with Crippen molar-refractivity contribution in [3.63, 3.8) is 0 Å². The maximum absolute atomic E-state index is 4.97. The van der Waals surface area contributed by atoms with Crippen LogP contribution < -0.4 is 0 Å². The Kier molecular flexibility index (Phi) is 8.38. The van der Waals surface area contributed by atoms with Crippen molar-refractivity contribution in [3.8, 4) is 67.8 Å². The van der Waals surface area contributed by atoms with Gasteiger partial charge < -0.3 is 9.13 Å². The lowest BCUT2D eigenvalue weighted by Gasteiger charge is -2.12. The van der Waals surface area contributed by atoms with Crippen molar-refractivity contribution in [2.24, 2.45) is 0 Å². The van der Waals surface area contributed by atoms with Crippen molar-refractivity contribution < 1.29 is 0 Å². The van der Waals surface area contributed by atoms with Crippen LogP contribution in [0.25, 0.3) is 111 Å². The molecule has 12 rings (SSSR count). The number of rotatable bonds is 7. The Labute approximate surface area is 357 Å². The van der Waals surface area contributed by atoms with E-state index in [4.69, 9.17) is 19.9 Å². The van der Waals surface area contributed by atoms with Gasteiger partial charge in [-0.2, -0.15) is 0 Å². The Morgan fingerprint density at radius 2 is 0.806 bits per heavy atom. The van der Waals surface area contributed by atoms with E-state index >= 15 is 0 Å². The fourth-order valence-electron chi connectivity index (χ4n) is 9.02. The highest BCUT2D eigenvalue weighted by Gasteiger charge is 2.19. The van der Waals surface area contributed by atoms with Crippen molar-refractivity contribution >= 4 is 43.6 Å². The Morgan fingerprint density at radius 1 is 0.290 bits per heavy atom. The molecular formula is C56H36N6. The van der Waals surface area contributed by atoms with E-state index in [1.807, 2.05) is 73.1 Å². The normalized spacial score (nSPS) is 11.5. The van der Waals surface area contributed by atoms with Crippen LogP contribution >= 0.6 is 0 Å². The molecule has 0 aliphatic heterocycles. The van der Waals surface area contributed by atoms with E-state index < -0.39 is 0 Å². The fraction of sp³-hybridized carbons (Fsp3) is 0. The van der Waals surface area contributed by atoms with Crippen molar-refractivity contribution in [2.75, 3.05) is 0 Å². The number of hydrogen-bond acceptors (Lipinski definition) is 4. The first-order valence-corrected chi connectivity index (χ1v) is 20.8. The van der Waals surface area contributed by atoms with Crippen molar-refractivity contribution in [1.29, 1.82) is 0 Å². The van der Waals surface area contributed by atoms with Gasteiger partial charge in [0.2, 0.25) is 0 Å². The van der Waals surface area contributed by atoms with E-state index in [9.17, 15) is 0 Å². The Bertz CT molecular complexity index is 3570. The van der Waals surface area contributed by atoms with Gasteiger partial charge in [-0.15, -0.1) is 0 Å². The standard InChI is InChI=1S/C56H36N6/c1-4-16-37(17-5-1)54-58-55(38-18-6-2-7-19-38)60-56(59-54)42-32-41(35-57-36-42)39-30-31-51-48(34-39)46-24-10-12-27-49(46)62(51)44-23-14-20-40(33-44)45-26-15-29-52-53(45)47-25-11-13-28-50(47)61(52)43-21-8-3-9-22-43/h1-36H. The first-order valence-electron chi connectivity index (χ1n) is 20.8. The molecule has 6 heteroatoms. The maximum atomic E-state index is 4.97. The third-order valence-electron chi connectivity index (χ3n) is 11.8. The predicted molar refractivity (Wildman–Crippen MR) is 253 cm³/mol. The average molecular weight is 793 g/mol. The minimum absolute atomic E-state index is 0.574. The summed E-state index contributed by atoms with van der Waals surface area (Å²) in [6.45, 7) is 0. The van der Waals surface area contributed by atoms with Gasteiger partial charge in [0, 0.05) is 67.6 Å². The molecule has 0 radical (unpaired) electrons. The Hall–Kier alpha value is -8.48. The largest absolute Gasteiger partial charge is 0.309 e. The van der Waals surface area contributed by atoms with Gasteiger partial charge in [0.25, 0.3) is 0 Å². The SMILES string of the molecule is c1ccc(-c2nc(-c3ccccc3)nc(-c3cncc(-c4ccc5c(c4)c4ccccc4n5-c4cccc(-c5cccc6c5c5ccccc5n6-c5ccccc5)c4)c3)n2)cc1. The van der Waals surface area contributed by atoms with E-state index in [-0.39, 0.29) is 0 Å². The van der Waals surface area contributed by atoms with Crippen LogP contribution in [0, 0.1) is 0 Å². The quantitative estimate of drug-likeness (QED) is 0.161. The van der Waals surface area contributed by atoms with Crippen LogP contribution in [0.3, 0.4) is 0 Å². The average Bonchev–Trinajstić information content (AvgIpc) is 3.87. The number of aromatic nitrogens is 6. The van der Waals surface area contributed by atoms with E-state index in [1.165, 1.54) is 43.7 Å². The van der Waals surface area contributed by atoms with Crippen LogP contribution in [0.2, 0.25) is 0 Å². The minimum atomic E-state index is 0.574. The molecule has 12 aromatic rings. The highest BCUT2D eigenvalue weighted by Crippen LogP contribution is 2.41. The zero-order valence-electron chi connectivity index (χ0n) is 33.5. The molecule has 0 saturated carbocycles. The van der Waals surface area contributed by atoms with Crippen LogP contribution in [0.4, 0.5) is 0 Å². The Morgan fingerprint density at radius 3 is 1.53 bits per heavy atom. The van der Waals surface area contributed by atoms with E-state index in [2.05, 4.69) is 155 Å². The molecule has 8 aromatic carbocycles. The van der Waals surface area contributed by atoms with Crippen molar-refractivity contribution in [2.45, 2.75) is 0 Å². The number of pyridine rings is 1. The summed E-state index contributed by atoms with van der Waals surface area (Å²) in [5, 5.41) is 4.83. The molecule has 290 valence electrons. The van der Waals surface area contributed by atoms with Gasteiger partial charge in [-0.3, -0.25) is 4.98 Å². The third kappa shape index (κ3) is 5.96. The molecule has 0 aliphatic rings. The van der Waals surface area contributed by atoms with Crippen molar-refractivity contribution in [3.05, 3.63) is 219 Å². The molecule has 0 aliphatic carbocycles. The first kappa shape index (κ1) is 35.5. The van der Waals surface area contributed by atoms with Gasteiger partial charge in [-0.1, -0.05) is 146 Å². The van der Waals surface area contributed by atoms with Gasteiger partial charge in [0.15, 0.2) is 17.5 Å². The maximum Gasteiger partial charge on any atom is 0.165 e. The number of hydrogen-bond donors (Lipinski definition) is 0. The van der Waals surface area contributed by atoms with Crippen LogP contribution in [0.5, 0.6) is 0 Å². The molecule has 0 bridgehead atoms. The molecule has 4 aromatic heterocycles. The monoisotopic (exact) mass is 792 g/mol. The molecule has 4 heterocycles. The predicted octanol–water partition coefficient (Wildman–Crippen LogP) is 13.8. The lowest BCUT2D eigenvalue weighted by Crippen LogP contribution is -2.00. The summed E-state index contributed by atoms with van der Waals surface area (Å²) in [6.07, 6.45) is 3.75. The highest BCUT2D eigenvalue weighted by atomic mass is 15.0. The molecule has 0 atom stereocenters. The molecule has 0 amide bonds. The molecule has 6 nitrogen and oxygen atoms in total. The van der Waals surface area contributed by atoms with Gasteiger partial charge in [-0.05, 0) is 77.4 Å². The summed E-state index contributed by atoms with van der Waals surface area (Å²) in [7, 11) is 0. The van der Waals surface area contributed by atoms with Crippen LogP contribution in [0.1, 0.15) is 0 Å². The lowest BCUT2D eigenvalue weighted by molar-refractivity contribution is 1.07. The van der Waals surface area contributed by atoms with Crippen LogP contribution in [-0.2, 0) is 0 Å². The molecular weight excluding hydrogens is 757 g/mol. The molecule has 0 N–H and O–H groups in total. The summed E-state index contributed by atoms with van der Waals surface area (Å²) in [6, 6.07) is 72.6. The molecule has 0 fully saturated rings. The highest BCUT2D eigenvalue weighted by molar-refractivity contribution is 6.16. The Balaban J connectivity index is 0.972. The van der Waals surface area contributed by atoms with Gasteiger partial charge in [0.05, 0.1) is 22.1 Å². The molecule has 0 unspecified atom stereocenters. The molecule has 0 saturated heterocycles. The second kappa shape index (κ2) is 14.7. The zero-order valence-corrected chi connectivity index (χ0v) is 33.5. The molecule has 0 spiro atoms.